The van der Waals surface area contributed by atoms with Gasteiger partial charge in [-0.25, -0.2) is 0 Å². The molecule has 0 fully saturated rings. The maximum atomic E-state index is 2.53. The second-order valence-electron chi connectivity index (χ2n) is 20.9. The summed E-state index contributed by atoms with van der Waals surface area (Å²) >= 11 is 0. The van der Waals surface area contributed by atoms with Gasteiger partial charge in [-0.2, -0.15) is 0 Å². The van der Waals surface area contributed by atoms with Crippen molar-refractivity contribution in [2.24, 2.45) is 5.92 Å². The van der Waals surface area contributed by atoms with Gasteiger partial charge in [0.2, 0.25) is 0 Å². The van der Waals surface area contributed by atoms with Gasteiger partial charge < -0.3 is 9.80 Å². The SMILES string of the molecule is Cc1cc(C)cc(-c2c3ccc(N(c4ccc5c(c4)C=CCC5)c4ccc5ccccc5c4)cc3c(-c3ccc4c(c3)CCC=C4)c3ccc(N(C4=CC=C5C=CC=CC5C4)c4ccc5ccccc5c4)cc23)c1. The van der Waals surface area contributed by atoms with Crippen LogP contribution in [0.1, 0.15) is 52.6 Å². The van der Waals surface area contributed by atoms with E-state index in [0.29, 0.717) is 5.92 Å². The van der Waals surface area contributed by atoms with Gasteiger partial charge in [-0.3, -0.25) is 0 Å². The zero-order valence-corrected chi connectivity index (χ0v) is 42.0. The molecule has 10 aromatic rings. The average molecular weight is 949 g/mol. The molecule has 0 saturated heterocycles. The third kappa shape index (κ3) is 7.81. The van der Waals surface area contributed by atoms with Gasteiger partial charge in [0.15, 0.2) is 0 Å². The first-order valence-electron chi connectivity index (χ1n) is 26.5. The van der Waals surface area contributed by atoms with Crippen LogP contribution in [-0.4, -0.2) is 0 Å². The summed E-state index contributed by atoms with van der Waals surface area (Å²) in [4.78, 5) is 5.01. The molecule has 0 amide bonds. The van der Waals surface area contributed by atoms with Gasteiger partial charge >= 0.3 is 0 Å². The first-order valence-corrected chi connectivity index (χ1v) is 26.5. The van der Waals surface area contributed by atoms with Crippen molar-refractivity contribution in [3.05, 3.63) is 269 Å². The van der Waals surface area contributed by atoms with Crippen LogP contribution in [0.5, 0.6) is 0 Å². The molecule has 1 unspecified atom stereocenters. The van der Waals surface area contributed by atoms with Crippen LogP contribution < -0.4 is 9.80 Å². The molecule has 4 aliphatic carbocycles. The van der Waals surface area contributed by atoms with E-state index in [1.54, 1.807) is 0 Å². The Morgan fingerprint density at radius 3 is 1.70 bits per heavy atom. The molecule has 2 nitrogen and oxygen atoms in total. The fraction of sp³-hybridized carbons (Fsp3) is 0.111. The molecule has 0 aromatic heterocycles. The summed E-state index contributed by atoms with van der Waals surface area (Å²) in [6, 6.07) is 67.4. The largest absolute Gasteiger partial charge is 0.314 e. The third-order valence-electron chi connectivity index (χ3n) is 16.0. The van der Waals surface area contributed by atoms with Crippen molar-refractivity contribution in [1.82, 2.24) is 0 Å². The summed E-state index contributed by atoms with van der Waals surface area (Å²) in [6.07, 6.45) is 28.1. The highest BCUT2D eigenvalue weighted by Crippen LogP contribution is 2.50. The molecular weight excluding hydrogens is 893 g/mol. The van der Waals surface area contributed by atoms with Crippen LogP contribution in [0.15, 0.2) is 236 Å². The summed E-state index contributed by atoms with van der Waals surface area (Å²) in [6.45, 7) is 4.48. The molecule has 0 N–H and O–H groups in total. The number of benzene rings is 10. The molecule has 0 radical (unpaired) electrons. The predicted octanol–water partition coefficient (Wildman–Crippen LogP) is 19.7. The molecule has 0 aliphatic heterocycles. The summed E-state index contributed by atoms with van der Waals surface area (Å²) in [5, 5.41) is 9.90. The van der Waals surface area contributed by atoms with Crippen LogP contribution in [0.25, 0.3) is 77.5 Å². The van der Waals surface area contributed by atoms with E-state index in [0.717, 1.165) is 60.5 Å². The third-order valence-corrected chi connectivity index (χ3v) is 16.0. The van der Waals surface area contributed by atoms with E-state index >= 15 is 0 Å². The highest BCUT2D eigenvalue weighted by Gasteiger charge is 2.27. The second-order valence-corrected chi connectivity index (χ2v) is 20.9. The minimum absolute atomic E-state index is 0.324. The van der Waals surface area contributed by atoms with Crippen LogP contribution in [-0.2, 0) is 12.8 Å². The topological polar surface area (TPSA) is 6.48 Å². The van der Waals surface area contributed by atoms with E-state index in [9.17, 15) is 0 Å². The fourth-order valence-electron chi connectivity index (χ4n) is 12.5. The summed E-state index contributed by atoms with van der Waals surface area (Å²) in [7, 11) is 0. The quantitative estimate of drug-likeness (QED) is 0.140. The maximum Gasteiger partial charge on any atom is 0.0468 e. The highest BCUT2D eigenvalue weighted by molar-refractivity contribution is 6.23. The van der Waals surface area contributed by atoms with Gasteiger partial charge in [0, 0.05) is 40.1 Å². The van der Waals surface area contributed by atoms with Crippen molar-refractivity contribution in [2.75, 3.05) is 9.80 Å². The van der Waals surface area contributed by atoms with E-state index in [-0.39, 0.29) is 0 Å². The number of hydrogen-bond donors (Lipinski definition) is 0. The van der Waals surface area contributed by atoms with Crippen molar-refractivity contribution < 1.29 is 0 Å². The zero-order valence-electron chi connectivity index (χ0n) is 42.0. The lowest BCUT2D eigenvalue weighted by atomic mass is 9.83. The number of aryl methyl sites for hydroxylation is 4. The van der Waals surface area contributed by atoms with Gasteiger partial charge in [0.25, 0.3) is 0 Å². The molecule has 1 atom stereocenters. The van der Waals surface area contributed by atoms with Crippen LogP contribution >= 0.6 is 0 Å². The Bertz CT molecular complexity index is 4130. The van der Waals surface area contributed by atoms with Crippen LogP contribution in [0.4, 0.5) is 28.4 Å². The Labute approximate surface area is 434 Å². The molecule has 0 spiro atoms. The average Bonchev–Trinajstić information content (AvgIpc) is 3.44. The van der Waals surface area contributed by atoms with Gasteiger partial charge in [0.1, 0.15) is 0 Å². The van der Waals surface area contributed by atoms with E-state index in [1.807, 2.05) is 0 Å². The van der Waals surface area contributed by atoms with Gasteiger partial charge in [0.05, 0.1) is 0 Å². The zero-order chi connectivity index (χ0) is 49.3. The number of allylic oxidation sites excluding steroid dienone is 10. The molecule has 0 heterocycles. The standard InChI is InChI=1S/C72H56N2/c1-47-37-48(2)39-60(38-47)72-68-36-34-65(73(61-29-25-50-14-4-9-19-55(50)41-61)62-30-26-51-15-5-10-20-56(51)42-62)45-69(68)71(59-24-23-49-13-3-8-18-54(49)40-59)67-35-33-66(46-70(67)72)74(63-31-27-52-16-6-11-21-57(52)43-63)64-32-28-53-17-7-12-22-58(53)44-64/h3-4,6-7,9-14,16-17,19-43,45-46,58H,5,8,15,18,44H2,1-2H3. The minimum Gasteiger partial charge on any atom is -0.314 e. The van der Waals surface area contributed by atoms with E-state index in [1.165, 1.54) is 110 Å². The van der Waals surface area contributed by atoms with Crippen molar-refractivity contribution >= 4 is 83.7 Å². The van der Waals surface area contributed by atoms with Crippen LogP contribution in [0.2, 0.25) is 0 Å². The molecular formula is C72H56N2. The number of anilines is 5. The van der Waals surface area contributed by atoms with E-state index in [4.69, 9.17) is 0 Å². The first kappa shape index (κ1) is 44.0. The lowest BCUT2D eigenvalue weighted by Crippen LogP contribution is -2.21. The molecule has 0 bridgehead atoms. The Balaban J connectivity index is 1.06. The van der Waals surface area contributed by atoms with Crippen molar-refractivity contribution in [1.29, 1.82) is 0 Å². The van der Waals surface area contributed by atoms with E-state index in [2.05, 4.69) is 260 Å². The van der Waals surface area contributed by atoms with Crippen molar-refractivity contribution in [2.45, 2.75) is 46.0 Å². The van der Waals surface area contributed by atoms with Crippen LogP contribution in [0, 0.1) is 19.8 Å². The molecule has 10 aromatic carbocycles. The molecule has 2 heteroatoms. The van der Waals surface area contributed by atoms with Crippen molar-refractivity contribution in [3.8, 4) is 22.3 Å². The number of rotatable bonds is 8. The first-order chi connectivity index (χ1) is 36.5. The van der Waals surface area contributed by atoms with E-state index < -0.39 is 0 Å². The predicted molar refractivity (Wildman–Crippen MR) is 317 cm³/mol. The number of hydrogen-bond acceptors (Lipinski definition) is 2. The normalized spacial score (nSPS) is 15.5. The van der Waals surface area contributed by atoms with Crippen molar-refractivity contribution in [3.63, 3.8) is 0 Å². The molecule has 354 valence electrons. The van der Waals surface area contributed by atoms with Gasteiger partial charge in [-0.15, -0.1) is 0 Å². The molecule has 0 saturated carbocycles. The molecule has 14 rings (SSSR count). The Morgan fingerprint density at radius 1 is 0.405 bits per heavy atom. The number of nitrogens with zero attached hydrogens (tertiary/aromatic N) is 2. The smallest absolute Gasteiger partial charge is 0.0468 e. The van der Waals surface area contributed by atoms with Gasteiger partial charge in [-0.05, 0) is 206 Å². The monoisotopic (exact) mass is 948 g/mol. The molecule has 74 heavy (non-hydrogen) atoms. The lowest BCUT2D eigenvalue weighted by Gasteiger charge is -2.33. The Hall–Kier alpha value is -8.72. The van der Waals surface area contributed by atoms with Crippen LogP contribution in [0.3, 0.4) is 0 Å². The maximum absolute atomic E-state index is 2.53. The highest BCUT2D eigenvalue weighted by atomic mass is 15.2. The Kier molecular flexibility index (Phi) is 10.8. The Morgan fingerprint density at radius 2 is 0.986 bits per heavy atom. The number of fused-ring (bicyclic) bond motifs is 7. The lowest BCUT2D eigenvalue weighted by molar-refractivity contribution is 0.732. The summed E-state index contributed by atoms with van der Waals surface area (Å²) < 4.78 is 0. The molecule has 4 aliphatic rings. The fourth-order valence-corrected chi connectivity index (χ4v) is 12.5. The summed E-state index contributed by atoms with van der Waals surface area (Å²) in [5.41, 5.74) is 21.3. The minimum atomic E-state index is 0.324. The van der Waals surface area contributed by atoms with Gasteiger partial charge in [-0.1, -0.05) is 181 Å². The second kappa shape index (κ2) is 18.1. The summed E-state index contributed by atoms with van der Waals surface area (Å²) in [5.74, 6) is 0.324.